The van der Waals surface area contributed by atoms with E-state index < -0.39 is 11.7 Å². The van der Waals surface area contributed by atoms with Gasteiger partial charge in [-0.15, -0.1) is 4.68 Å². The molecule has 0 bridgehead atoms. The van der Waals surface area contributed by atoms with Crippen LogP contribution in [-0.4, -0.2) is 63.1 Å². The van der Waals surface area contributed by atoms with Crippen LogP contribution in [0.15, 0.2) is 34.8 Å². The van der Waals surface area contributed by atoms with Crippen molar-refractivity contribution in [1.29, 1.82) is 0 Å². The van der Waals surface area contributed by atoms with Crippen molar-refractivity contribution in [1.82, 2.24) is 29.8 Å². The molecule has 1 amide bonds. The molecular weight excluding hydrogens is 383 g/mol. The van der Waals surface area contributed by atoms with Gasteiger partial charge < -0.3 is 4.74 Å². The number of carbonyl (C=O) groups excluding carboxylic acids is 1. The third-order valence-electron chi connectivity index (χ3n) is 3.70. The molecule has 0 spiro atoms. The van der Waals surface area contributed by atoms with Gasteiger partial charge in [-0.25, -0.2) is 19.6 Å². The zero-order valence-corrected chi connectivity index (χ0v) is 15.6. The Labute approximate surface area is 158 Å². The Morgan fingerprint density at radius 2 is 1.92 bits per heavy atom. The fourth-order valence-corrected chi connectivity index (χ4v) is 3.11. The number of rotatable bonds is 3. The predicted molar refractivity (Wildman–Crippen MR) is 95.5 cm³/mol. The second-order valence-corrected chi connectivity index (χ2v) is 6.43. The maximum atomic E-state index is 12.9. The van der Waals surface area contributed by atoms with E-state index in [2.05, 4.69) is 10.4 Å². The summed E-state index contributed by atoms with van der Waals surface area (Å²) in [6, 6.07) is 4.10. The first-order valence-electron chi connectivity index (χ1n) is 7.69. The van der Waals surface area contributed by atoms with E-state index in [9.17, 15) is 9.59 Å². The molecule has 26 heavy (non-hydrogen) atoms. The van der Waals surface area contributed by atoms with Gasteiger partial charge in [-0.1, -0.05) is 29.3 Å². The number of hydrogen-bond donors (Lipinski definition) is 0. The van der Waals surface area contributed by atoms with Crippen LogP contribution in [0, 0.1) is 0 Å². The zero-order chi connectivity index (χ0) is 18.8. The Morgan fingerprint density at radius 3 is 2.50 bits per heavy atom. The van der Waals surface area contributed by atoms with Crippen molar-refractivity contribution in [2.24, 2.45) is 0 Å². The molecule has 9 nitrogen and oxygen atoms in total. The minimum atomic E-state index is -0.774. The molecule has 0 unspecified atom stereocenters. The van der Waals surface area contributed by atoms with E-state index in [-0.39, 0.29) is 15.7 Å². The monoisotopic (exact) mass is 398 g/mol. The summed E-state index contributed by atoms with van der Waals surface area (Å²) < 4.78 is 6.82. The van der Waals surface area contributed by atoms with E-state index in [1.165, 1.54) is 5.01 Å². The molecule has 1 aromatic heterocycles. The third kappa shape index (κ3) is 3.38. The molecular formula is C15H16Cl2N6O3. The van der Waals surface area contributed by atoms with Crippen molar-refractivity contribution in [3.63, 3.8) is 0 Å². The van der Waals surface area contributed by atoms with Gasteiger partial charge in [-0.3, -0.25) is 0 Å². The molecule has 0 saturated heterocycles. The summed E-state index contributed by atoms with van der Waals surface area (Å²) in [6.45, 7) is 0.879. The van der Waals surface area contributed by atoms with Crippen LogP contribution in [0.2, 0.25) is 10.0 Å². The van der Waals surface area contributed by atoms with Crippen LogP contribution >= 0.6 is 23.2 Å². The number of hydrazine groups is 1. The van der Waals surface area contributed by atoms with Crippen LogP contribution in [0.4, 0.5) is 4.79 Å². The van der Waals surface area contributed by atoms with Crippen LogP contribution in [-0.2, 0) is 4.74 Å². The standard InChI is InChI=1S/C15H16Cl2N6O3/c1-20(2)23(10-6-8-26-9-7-10)15(25)22-14(24)21(18-19-22)13-11(16)4-3-5-12(13)17/h3-6H,7-9H2,1-2H3. The van der Waals surface area contributed by atoms with Crippen molar-refractivity contribution >= 4 is 29.2 Å². The highest BCUT2D eigenvalue weighted by atomic mass is 35.5. The lowest BCUT2D eigenvalue weighted by Crippen LogP contribution is -2.47. The number of ether oxygens (including phenoxy) is 1. The fraction of sp³-hybridized carbons (Fsp3) is 0.333. The van der Waals surface area contributed by atoms with E-state index in [4.69, 9.17) is 27.9 Å². The minimum Gasteiger partial charge on any atom is -0.377 e. The van der Waals surface area contributed by atoms with E-state index in [0.29, 0.717) is 30.0 Å². The van der Waals surface area contributed by atoms with Crippen LogP contribution in [0.5, 0.6) is 0 Å². The smallest absolute Gasteiger partial charge is 0.377 e. The van der Waals surface area contributed by atoms with Gasteiger partial charge in [-0.2, -0.15) is 4.68 Å². The van der Waals surface area contributed by atoms with Crippen LogP contribution in [0.25, 0.3) is 5.69 Å². The van der Waals surface area contributed by atoms with Crippen molar-refractivity contribution in [3.8, 4) is 5.69 Å². The van der Waals surface area contributed by atoms with Crippen molar-refractivity contribution in [2.45, 2.75) is 6.42 Å². The van der Waals surface area contributed by atoms with Crippen LogP contribution in [0.1, 0.15) is 6.42 Å². The summed E-state index contributed by atoms with van der Waals surface area (Å²) in [6.07, 6.45) is 2.31. The maximum absolute atomic E-state index is 12.9. The van der Waals surface area contributed by atoms with Gasteiger partial charge in [-0.05, 0) is 28.6 Å². The summed E-state index contributed by atoms with van der Waals surface area (Å²) >= 11 is 12.2. The quantitative estimate of drug-likeness (QED) is 0.578. The number of aromatic nitrogens is 4. The van der Waals surface area contributed by atoms with Crippen molar-refractivity contribution in [2.75, 3.05) is 27.3 Å². The fourth-order valence-electron chi connectivity index (χ4n) is 2.55. The molecule has 0 fully saturated rings. The Kier molecular flexibility index (Phi) is 5.42. The lowest BCUT2D eigenvalue weighted by molar-refractivity contribution is 0.0705. The second kappa shape index (κ2) is 7.58. The normalized spacial score (nSPS) is 14.4. The largest absolute Gasteiger partial charge is 0.377 e. The molecule has 0 radical (unpaired) electrons. The van der Waals surface area contributed by atoms with Gasteiger partial charge in [0.15, 0.2) is 0 Å². The van der Waals surface area contributed by atoms with Gasteiger partial charge >= 0.3 is 11.7 Å². The van der Waals surface area contributed by atoms with Crippen molar-refractivity contribution in [3.05, 3.63) is 50.5 Å². The first-order chi connectivity index (χ1) is 12.4. The van der Waals surface area contributed by atoms with E-state index >= 15 is 0 Å². The van der Waals surface area contributed by atoms with Gasteiger partial charge in [0.25, 0.3) is 0 Å². The summed E-state index contributed by atoms with van der Waals surface area (Å²) in [4.78, 5) is 25.6. The topological polar surface area (TPSA) is 85.5 Å². The lowest BCUT2D eigenvalue weighted by Gasteiger charge is -2.31. The summed E-state index contributed by atoms with van der Waals surface area (Å²) in [5.41, 5.74) is 0.106. The van der Waals surface area contributed by atoms with E-state index in [1.807, 2.05) is 0 Å². The maximum Gasteiger partial charge on any atom is 0.377 e. The lowest BCUT2D eigenvalue weighted by atomic mass is 10.2. The predicted octanol–water partition coefficient (Wildman–Crippen LogP) is 1.79. The number of benzene rings is 1. The summed E-state index contributed by atoms with van der Waals surface area (Å²) in [5.74, 6) is 0. The highest BCUT2D eigenvalue weighted by molar-refractivity contribution is 6.37. The van der Waals surface area contributed by atoms with E-state index in [0.717, 1.165) is 4.68 Å². The number of amides is 1. The molecule has 0 saturated carbocycles. The molecule has 2 heterocycles. The highest BCUT2D eigenvalue weighted by Crippen LogP contribution is 2.26. The first kappa shape index (κ1) is 18.6. The van der Waals surface area contributed by atoms with Gasteiger partial charge in [0, 0.05) is 26.2 Å². The Hall–Kier alpha value is -2.20. The number of para-hydroxylation sites is 1. The molecule has 1 aromatic carbocycles. The van der Waals surface area contributed by atoms with Crippen LogP contribution < -0.4 is 5.69 Å². The molecule has 0 N–H and O–H groups in total. The molecule has 138 valence electrons. The molecule has 1 aliphatic rings. The molecule has 0 aliphatic carbocycles. The third-order valence-corrected chi connectivity index (χ3v) is 4.31. The molecule has 3 rings (SSSR count). The molecule has 0 atom stereocenters. The summed E-state index contributed by atoms with van der Waals surface area (Å²) in [7, 11) is 3.38. The zero-order valence-electron chi connectivity index (χ0n) is 14.1. The van der Waals surface area contributed by atoms with Gasteiger partial charge in [0.2, 0.25) is 0 Å². The van der Waals surface area contributed by atoms with Gasteiger partial charge in [0.1, 0.15) is 5.69 Å². The molecule has 1 aliphatic heterocycles. The Morgan fingerprint density at radius 1 is 1.23 bits per heavy atom. The Balaban J connectivity index is 2.02. The SMILES string of the molecule is CN(C)N(C(=O)n1nnn(-c2c(Cl)cccc2Cl)c1=O)C1=CCOCC1. The Bertz CT molecular complexity index is 900. The average Bonchev–Trinajstić information content (AvgIpc) is 2.97. The number of halogens is 2. The minimum absolute atomic E-state index is 0.168. The first-order valence-corrected chi connectivity index (χ1v) is 8.45. The molecule has 2 aromatic rings. The highest BCUT2D eigenvalue weighted by Gasteiger charge is 2.27. The van der Waals surface area contributed by atoms with Gasteiger partial charge in [0.05, 0.1) is 23.3 Å². The van der Waals surface area contributed by atoms with E-state index in [1.54, 1.807) is 43.4 Å². The number of hydrogen-bond acceptors (Lipinski definition) is 6. The van der Waals surface area contributed by atoms with Crippen LogP contribution in [0.3, 0.4) is 0 Å². The van der Waals surface area contributed by atoms with Crippen molar-refractivity contribution < 1.29 is 9.53 Å². The number of nitrogens with zero attached hydrogens (tertiary/aromatic N) is 6. The average molecular weight is 399 g/mol. The summed E-state index contributed by atoms with van der Waals surface area (Å²) in [5, 5.41) is 10.8. The molecule has 11 heteroatoms. The number of carbonyl (C=O) groups is 1. The number of tetrazole rings is 1. The second-order valence-electron chi connectivity index (χ2n) is 5.62.